The number of nitriles is 1. The highest BCUT2D eigenvalue weighted by Gasteiger charge is 2.23. The fourth-order valence-corrected chi connectivity index (χ4v) is 1.12. The van der Waals surface area contributed by atoms with Gasteiger partial charge >= 0.3 is 11.7 Å². The van der Waals surface area contributed by atoms with Crippen molar-refractivity contribution in [2.24, 2.45) is 0 Å². The number of nitro benzene ring substituents is 1. The standard InChI is InChI=1S/C9H6N2O5/c1-16-9(13)5-2-3-7(11(14)15)8(12)6(5)4-10/h2-3,12H,1H3. The molecule has 0 aliphatic rings. The second-order valence-corrected chi connectivity index (χ2v) is 2.72. The molecule has 0 heterocycles. The average Bonchev–Trinajstić information content (AvgIpc) is 2.26. The van der Waals surface area contributed by atoms with Crippen molar-refractivity contribution >= 4 is 11.7 Å². The van der Waals surface area contributed by atoms with Gasteiger partial charge in [0.1, 0.15) is 11.6 Å². The molecule has 0 aliphatic heterocycles. The SMILES string of the molecule is COC(=O)c1ccc([N+](=O)[O-])c(O)c1C#N. The zero-order valence-corrected chi connectivity index (χ0v) is 8.13. The summed E-state index contributed by atoms with van der Waals surface area (Å²) < 4.78 is 4.36. The number of nitrogens with zero attached hydrogens (tertiary/aromatic N) is 2. The van der Waals surface area contributed by atoms with Crippen LogP contribution in [0.2, 0.25) is 0 Å². The molecular formula is C9H6N2O5. The van der Waals surface area contributed by atoms with Gasteiger partial charge in [0.25, 0.3) is 0 Å². The summed E-state index contributed by atoms with van der Waals surface area (Å²) in [5.41, 5.74) is -1.32. The van der Waals surface area contributed by atoms with Gasteiger partial charge in [0.2, 0.25) is 5.75 Å². The minimum Gasteiger partial charge on any atom is -0.501 e. The Balaban J connectivity index is 3.48. The number of phenols is 1. The Bertz CT molecular complexity index is 503. The van der Waals surface area contributed by atoms with Crippen LogP contribution in [0.4, 0.5) is 5.69 Å². The van der Waals surface area contributed by atoms with Crippen LogP contribution in [0.3, 0.4) is 0 Å². The number of benzene rings is 1. The van der Waals surface area contributed by atoms with Crippen molar-refractivity contribution in [1.29, 1.82) is 5.26 Å². The van der Waals surface area contributed by atoms with Crippen molar-refractivity contribution in [1.82, 2.24) is 0 Å². The van der Waals surface area contributed by atoms with Gasteiger partial charge in [-0.25, -0.2) is 4.79 Å². The smallest absolute Gasteiger partial charge is 0.339 e. The molecule has 7 heteroatoms. The van der Waals surface area contributed by atoms with Crippen molar-refractivity contribution in [2.75, 3.05) is 7.11 Å². The zero-order valence-electron chi connectivity index (χ0n) is 8.13. The van der Waals surface area contributed by atoms with Gasteiger partial charge < -0.3 is 9.84 Å². The number of aromatic hydroxyl groups is 1. The van der Waals surface area contributed by atoms with Crippen LogP contribution >= 0.6 is 0 Å². The molecule has 0 fully saturated rings. The van der Waals surface area contributed by atoms with Crippen LogP contribution in [0.25, 0.3) is 0 Å². The van der Waals surface area contributed by atoms with Gasteiger partial charge in [-0.05, 0) is 6.07 Å². The van der Waals surface area contributed by atoms with E-state index in [0.29, 0.717) is 0 Å². The lowest BCUT2D eigenvalue weighted by atomic mass is 10.1. The Morgan fingerprint density at radius 2 is 2.25 bits per heavy atom. The molecular weight excluding hydrogens is 216 g/mol. The maximum absolute atomic E-state index is 11.2. The quantitative estimate of drug-likeness (QED) is 0.452. The minimum absolute atomic E-state index is 0.215. The summed E-state index contributed by atoms with van der Waals surface area (Å²) in [7, 11) is 1.10. The van der Waals surface area contributed by atoms with Gasteiger partial charge in [0, 0.05) is 6.07 Å². The Labute approximate surface area is 89.6 Å². The van der Waals surface area contributed by atoms with Crippen molar-refractivity contribution in [2.45, 2.75) is 0 Å². The summed E-state index contributed by atoms with van der Waals surface area (Å²) in [5, 5.41) is 28.6. The van der Waals surface area contributed by atoms with E-state index in [9.17, 15) is 20.0 Å². The first-order chi connectivity index (χ1) is 7.52. The number of methoxy groups -OCH3 is 1. The summed E-state index contributed by atoms with van der Waals surface area (Å²) in [6.45, 7) is 0. The highest BCUT2D eigenvalue weighted by molar-refractivity contribution is 5.93. The third-order valence-corrected chi connectivity index (χ3v) is 1.87. The lowest BCUT2D eigenvalue weighted by molar-refractivity contribution is -0.385. The number of esters is 1. The van der Waals surface area contributed by atoms with Crippen LogP contribution in [0.15, 0.2) is 12.1 Å². The maximum atomic E-state index is 11.2. The average molecular weight is 222 g/mol. The number of carbonyl (C=O) groups excluding carboxylic acids is 1. The largest absolute Gasteiger partial charge is 0.501 e. The third-order valence-electron chi connectivity index (χ3n) is 1.87. The van der Waals surface area contributed by atoms with Crippen LogP contribution in [-0.4, -0.2) is 23.1 Å². The maximum Gasteiger partial charge on any atom is 0.339 e. The highest BCUT2D eigenvalue weighted by Crippen LogP contribution is 2.31. The minimum atomic E-state index is -0.850. The van der Waals surface area contributed by atoms with Crippen molar-refractivity contribution in [3.05, 3.63) is 33.4 Å². The molecule has 82 valence electrons. The van der Waals surface area contributed by atoms with Crippen LogP contribution in [-0.2, 0) is 4.74 Å². The lowest BCUT2D eigenvalue weighted by Crippen LogP contribution is -2.05. The Morgan fingerprint density at radius 1 is 1.62 bits per heavy atom. The lowest BCUT2D eigenvalue weighted by Gasteiger charge is -2.03. The van der Waals surface area contributed by atoms with Crippen LogP contribution in [0.5, 0.6) is 5.75 Å². The number of nitro groups is 1. The fraction of sp³-hybridized carbons (Fsp3) is 0.111. The second kappa shape index (κ2) is 4.27. The highest BCUT2D eigenvalue weighted by atomic mass is 16.6. The molecule has 0 aromatic heterocycles. The molecule has 1 N–H and O–H groups in total. The van der Waals surface area contributed by atoms with E-state index >= 15 is 0 Å². The van der Waals surface area contributed by atoms with Crippen molar-refractivity contribution < 1.29 is 19.6 Å². The van der Waals surface area contributed by atoms with Crippen molar-refractivity contribution in [3.8, 4) is 11.8 Å². The van der Waals surface area contributed by atoms with E-state index in [4.69, 9.17) is 5.26 Å². The summed E-state index contributed by atoms with van der Waals surface area (Å²) in [6.07, 6.45) is 0. The fourth-order valence-electron chi connectivity index (χ4n) is 1.12. The van der Waals surface area contributed by atoms with E-state index < -0.39 is 27.9 Å². The van der Waals surface area contributed by atoms with Gasteiger partial charge in [-0.15, -0.1) is 0 Å². The first-order valence-electron chi connectivity index (χ1n) is 4.01. The number of hydrogen-bond donors (Lipinski definition) is 1. The Morgan fingerprint density at radius 3 is 2.69 bits per heavy atom. The van der Waals surface area contributed by atoms with Crippen molar-refractivity contribution in [3.63, 3.8) is 0 Å². The Hall–Kier alpha value is -2.62. The number of ether oxygens (including phenoxy) is 1. The van der Waals surface area contributed by atoms with E-state index in [1.165, 1.54) is 6.07 Å². The zero-order chi connectivity index (χ0) is 12.3. The number of phenolic OH excluding ortho intramolecular Hbond substituents is 1. The molecule has 0 spiro atoms. The molecule has 1 aromatic carbocycles. The summed E-state index contributed by atoms with van der Waals surface area (Å²) in [4.78, 5) is 20.8. The molecule has 7 nitrogen and oxygen atoms in total. The topological polar surface area (TPSA) is 113 Å². The predicted molar refractivity (Wildman–Crippen MR) is 50.8 cm³/mol. The molecule has 0 amide bonds. The van der Waals surface area contributed by atoms with Gasteiger partial charge in [-0.1, -0.05) is 0 Å². The second-order valence-electron chi connectivity index (χ2n) is 2.72. The molecule has 16 heavy (non-hydrogen) atoms. The van der Waals surface area contributed by atoms with Gasteiger partial charge in [-0.3, -0.25) is 10.1 Å². The van der Waals surface area contributed by atoms with Crippen LogP contribution < -0.4 is 0 Å². The molecule has 0 atom stereocenters. The summed E-state index contributed by atoms with van der Waals surface area (Å²) >= 11 is 0. The third kappa shape index (κ3) is 1.76. The molecule has 1 rings (SSSR count). The molecule has 0 aliphatic carbocycles. The summed E-state index contributed by atoms with van der Waals surface area (Å²) in [5.74, 6) is -1.68. The molecule has 0 unspecified atom stereocenters. The monoisotopic (exact) mass is 222 g/mol. The summed E-state index contributed by atoms with van der Waals surface area (Å²) in [6, 6.07) is 3.51. The Kier molecular flexibility index (Phi) is 3.06. The van der Waals surface area contributed by atoms with E-state index in [2.05, 4.69) is 4.74 Å². The first kappa shape index (κ1) is 11.5. The number of rotatable bonds is 2. The molecule has 0 saturated carbocycles. The van der Waals surface area contributed by atoms with Gasteiger partial charge in [0.15, 0.2) is 0 Å². The van der Waals surface area contributed by atoms with Crippen LogP contribution in [0.1, 0.15) is 15.9 Å². The van der Waals surface area contributed by atoms with E-state index in [1.807, 2.05) is 0 Å². The van der Waals surface area contributed by atoms with E-state index in [-0.39, 0.29) is 5.56 Å². The van der Waals surface area contributed by atoms with Crippen LogP contribution in [0, 0.1) is 21.4 Å². The molecule has 0 radical (unpaired) electrons. The van der Waals surface area contributed by atoms with Gasteiger partial charge in [-0.2, -0.15) is 5.26 Å². The predicted octanol–water partition coefficient (Wildman–Crippen LogP) is 0.959. The van der Waals surface area contributed by atoms with E-state index in [1.54, 1.807) is 0 Å². The molecule has 0 saturated heterocycles. The molecule has 1 aromatic rings. The number of carbonyl (C=O) groups is 1. The number of hydrogen-bond acceptors (Lipinski definition) is 6. The first-order valence-corrected chi connectivity index (χ1v) is 4.01. The molecule has 0 bridgehead atoms. The van der Waals surface area contributed by atoms with E-state index in [0.717, 1.165) is 19.2 Å². The van der Waals surface area contributed by atoms with Gasteiger partial charge in [0.05, 0.1) is 17.6 Å². The normalized spacial score (nSPS) is 9.25.